The third-order valence-electron chi connectivity index (χ3n) is 3.54. The predicted molar refractivity (Wildman–Crippen MR) is 98.7 cm³/mol. The second kappa shape index (κ2) is 8.15. The van der Waals surface area contributed by atoms with Crippen LogP contribution in [-0.2, 0) is 9.53 Å². The highest BCUT2D eigenvalue weighted by Crippen LogP contribution is 2.25. The molecule has 0 bridgehead atoms. The van der Waals surface area contributed by atoms with E-state index in [0.717, 1.165) is 0 Å². The zero-order valence-electron chi connectivity index (χ0n) is 14.1. The molecule has 0 unspecified atom stereocenters. The lowest BCUT2D eigenvalue weighted by Crippen LogP contribution is -2.20. The number of ether oxygens (including phenoxy) is 1. The van der Waals surface area contributed by atoms with Gasteiger partial charge in [-0.3, -0.25) is 14.9 Å². The zero-order valence-corrected chi connectivity index (χ0v) is 14.9. The minimum absolute atomic E-state index is 0.0637. The number of rotatable bonds is 6. The third kappa shape index (κ3) is 4.22. The maximum absolute atomic E-state index is 12.0. The highest BCUT2D eigenvalue weighted by atomic mass is 32.1. The van der Waals surface area contributed by atoms with Crippen LogP contribution in [0.15, 0.2) is 52.3 Å². The Balaban J connectivity index is 1.59. The second-order valence-corrected chi connectivity index (χ2v) is 6.28. The average molecular weight is 397 g/mol. The summed E-state index contributed by atoms with van der Waals surface area (Å²) in [6, 6.07) is 12.0. The fourth-order valence-corrected chi connectivity index (χ4v) is 2.96. The molecule has 1 aromatic carbocycles. The molecule has 0 radical (unpaired) electrons. The molecule has 2 heterocycles. The number of nitro groups is 1. The van der Waals surface area contributed by atoms with E-state index in [-0.39, 0.29) is 11.4 Å². The van der Waals surface area contributed by atoms with Crippen LogP contribution in [0.3, 0.4) is 0 Å². The van der Waals surface area contributed by atoms with E-state index in [9.17, 15) is 19.7 Å². The van der Waals surface area contributed by atoms with Gasteiger partial charge in [-0.1, -0.05) is 0 Å². The molecule has 0 saturated carbocycles. The fourth-order valence-electron chi connectivity index (χ4n) is 2.21. The molecule has 0 aliphatic carbocycles. The summed E-state index contributed by atoms with van der Waals surface area (Å²) in [5.41, 5.74) is 0.804. The van der Waals surface area contributed by atoms with E-state index in [1.807, 2.05) is 6.07 Å². The lowest BCUT2D eigenvalue weighted by atomic mass is 10.1. The minimum Gasteiger partial charge on any atom is -0.450 e. The largest absolute Gasteiger partial charge is 0.450 e. The summed E-state index contributed by atoms with van der Waals surface area (Å²) in [6.45, 7) is -0.546. The Bertz CT molecular complexity index is 1080. The summed E-state index contributed by atoms with van der Waals surface area (Å²) in [4.78, 5) is 34.0. The number of non-ortho nitro benzene ring substituents is 1. The summed E-state index contributed by atoms with van der Waals surface area (Å²) in [6.07, 6.45) is 0. The van der Waals surface area contributed by atoms with E-state index in [1.54, 1.807) is 11.4 Å². The van der Waals surface area contributed by atoms with Crippen LogP contribution >= 0.6 is 11.3 Å². The summed E-state index contributed by atoms with van der Waals surface area (Å²) in [5.74, 6) is -1.22. The van der Waals surface area contributed by atoms with Gasteiger partial charge < -0.3 is 14.5 Å². The van der Waals surface area contributed by atoms with Crippen LogP contribution in [0.5, 0.6) is 0 Å². The molecule has 28 heavy (non-hydrogen) atoms. The number of nitriles is 1. The normalized spacial score (nSPS) is 10.1. The SMILES string of the molecule is N#Cc1ccsc1NC(=O)COC(=O)c1ccc(-c2ccc([N+](=O)[O-])cc2)o1. The van der Waals surface area contributed by atoms with Crippen LogP contribution in [0.4, 0.5) is 10.7 Å². The Morgan fingerprint density at radius 1 is 1.21 bits per heavy atom. The van der Waals surface area contributed by atoms with Gasteiger partial charge in [0.15, 0.2) is 6.61 Å². The lowest BCUT2D eigenvalue weighted by Gasteiger charge is -2.04. The van der Waals surface area contributed by atoms with Gasteiger partial charge >= 0.3 is 5.97 Å². The summed E-state index contributed by atoms with van der Waals surface area (Å²) < 4.78 is 10.3. The first-order chi connectivity index (χ1) is 13.5. The van der Waals surface area contributed by atoms with Gasteiger partial charge in [0.25, 0.3) is 11.6 Å². The molecule has 1 N–H and O–H groups in total. The Kier molecular flexibility index (Phi) is 5.48. The topological polar surface area (TPSA) is 135 Å². The number of anilines is 1. The van der Waals surface area contributed by atoms with Crippen LogP contribution < -0.4 is 5.32 Å². The molecule has 140 valence electrons. The van der Waals surface area contributed by atoms with Gasteiger partial charge in [-0.2, -0.15) is 5.26 Å². The molecule has 0 aliphatic heterocycles. The smallest absolute Gasteiger partial charge is 0.374 e. The van der Waals surface area contributed by atoms with Crippen LogP contribution in [0.25, 0.3) is 11.3 Å². The number of hydrogen-bond acceptors (Lipinski definition) is 8. The van der Waals surface area contributed by atoms with Gasteiger partial charge in [0.05, 0.1) is 10.5 Å². The summed E-state index contributed by atoms with van der Waals surface area (Å²) in [7, 11) is 0. The number of carbonyl (C=O) groups excluding carboxylic acids is 2. The number of carbonyl (C=O) groups is 2. The highest BCUT2D eigenvalue weighted by Gasteiger charge is 2.17. The standard InChI is InChI=1S/C18H11N3O6S/c19-9-12-7-8-28-17(12)20-16(22)10-26-18(23)15-6-5-14(27-15)11-1-3-13(4-2-11)21(24)25/h1-8H,10H2,(H,20,22). The lowest BCUT2D eigenvalue weighted by molar-refractivity contribution is -0.384. The second-order valence-electron chi connectivity index (χ2n) is 5.37. The van der Waals surface area contributed by atoms with Crippen molar-refractivity contribution in [1.82, 2.24) is 0 Å². The van der Waals surface area contributed by atoms with Gasteiger partial charge in [0, 0.05) is 17.7 Å². The summed E-state index contributed by atoms with van der Waals surface area (Å²) >= 11 is 1.18. The molecule has 9 nitrogen and oxygen atoms in total. The highest BCUT2D eigenvalue weighted by molar-refractivity contribution is 7.14. The van der Waals surface area contributed by atoms with Crippen LogP contribution in [0.1, 0.15) is 16.1 Å². The van der Waals surface area contributed by atoms with E-state index in [2.05, 4.69) is 5.32 Å². The van der Waals surface area contributed by atoms with Gasteiger partial charge in [0.1, 0.15) is 16.8 Å². The zero-order chi connectivity index (χ0) is 20.1. The number of amides is 1. The maximum Gasteiger partial charge on any atom is 0.374 e. The fraction of sp³-hybridized carbons (Fsp3) is 0.0556. The minimum atomic E-state index is -0.838. The molecule has 3 aromatic rings. The molecule has 0 aliphatic rings. The van der Waals surface area contributed by atoms with Gasteiger partial charge in [-0.05, 0) is 35.7 Å². The van der Waals surface area contributed by atoms with Crippen LogP contribution in [0.2, 0.25) is 0 Å². The van der Waals surface area contributed by atoms with E-state index in [0.29, 0.717) is 21.9 Å². The molecule has 10 heteroatoms. The molecule has 0 saturated heterocycles. The Hall–Kier alpha value is -3.97. The van der Waals surface area contributed by atoms with E-state index in [4.69, 9.17) is 14.4 Å². The first-order valence-electron chi connectivity index (χ1n) is 7.77. The van der Waals surface area contributed by atoms with E-state index < -0.39 is 23.4 Å². The average Bonchev–Trinajstić information content (AvgIpc) is 3.35. The van der Waals surface area contributed by atoms with Crippen molar-refractivity contribution < 1.29 is 23.7 Å². The number of hydrogen-bond donors (Lipinski definition) is 1. The summed E-state index contributed by atoms with van der Waals surface area (Å²) in [5, 5.41) is 24.1. The molecular weight excluding hydrogens is 386 g/mol. The van der Waals surface area contributed by atoms with E-state index >= 15 is 0 Å². The molecular formula is C18H11N3O6S. The number of benzene rings is 1. The van der Waals surface area contributed by atoms with Crippen molar-refractivity contribution in [2.75, 3.05) is 11.9 Å². The molecule has 0 atom stereocenters. The number of nitro benzene ring substituents is 1. The monoisotopic (exact) mass is 397 g/mol. The molecule has 3 rings (SSSR count). The Morgan fingerprint density at radius 2 is 1.96 bits per heavy atom. The number of thiophene rings is 1. The van der Waals surface area contributed by atoms with Gasteiger partial charge in [-0.25, -0.2) is 4.79 Å². The van der Waals surface area contributed by atoms with Crippen molar-refractivity contribution in [2.45, 2.75) is 0 Å². The first-order valence-corrected chi connectivity index (χ1v) is 8.65. The van der Waals surface area contributed by atoms with E-state index in [1.165, 1.54) is 47.7 Å². The molecule has 0 spiro atoms. The van der Waals surface area contributed by atoms with Crippen LogP contribution in [0, 0.1) is 21.4 Å². The third-order valence-corrected chi connectivity index (χ3v) is 4.37. The van der Waals surface area contributed by atoms with Crippen molar-refractivity contribution in [3.05, 3.63) is 69.3 Å². The molecule has 1 amide bonds. The predicted octanol–water partition coefficient (Wildman–Crippen LogP) is 3.58. The van der Waals surface area contributed by atoms with Crippen molar-refractivity contribution >= 4 is 33.9 Å². The number of furan rings is 1. The van der Waals surface area contributed by atoms with Crippen molar-refractivity contribution in [2.24, 2.45) is 0 Å². The number of nitrogens with one attached hydrogen (secondary N) is 1. The number of nitrogens with zero attached hydrogens (tertiary/aromatic N) is 2. The van der Waals surface area contributed by atoms with Crippen molar-refractivity contribution in [3.8, 4) is 17.4 Å². The van der Waals surface area contributed by atoms with Gasteiger partial charge in [-0.15, -0.1) is 11.3 Å². The number of esters is 1. The first kappa shape index (κ1) is 18.8. The molecule has 0 fully saturated rings. The van der Waals surface area contributed by atoms with Crippen molar-refractivity contribution in [1.29, 1.82) is 5.26 Å². The molecule has 2 aromatic heterocycles. The Morgan fingerprint density at radius 3 is 2.64 bits per heavy atom. The Labute approximate surface area is 161 Å². The maximum atomic E-state index is 12.0. The van der Waals surface area contributed by atoms with Gasteiger partial charge in [0.2, 0.25) is 5.76 Å². The van der Waals surface area contributed by atoms with Crippen molar-refractivity contribution in [3.63, 3.8) is 0 Å². The quantitative estimate of drug-likeness (QED) is 0.381. The van der Waals surface area contributed by atoms with Crippen LogP contribution in [-0.4, -0.2) is 23.4 Å².